The predicted octanol–water partition coefficient (Wildman–Crippen LogP) is 2.43. The van der Waals surface area contributed by atoms with E-state index >= 15 is 0 Å². The topological polar surface area (TPSA) is 84.7 Å². The molecule has 8 heteroatoms. The zero-order valence-corrected chi connectivity index (χ0v) is 15.6. The van der Waals surface area contributed by atoms with Gasteiger partial charge in [0.2, 0.25) is 5.78 Å². The summed E-state index contributed by atoms with van der Waals surface area (Å²) in [4.78, 5) is 27.7. The maximum absolute atomic E-state index is 12.9. The van der Waals surface area contributed by atoms with Gasteiger partial charge in [0.05, 0.1) is 30.6 Å². The van der Waals surface area contributed by atoms with Crippen molar-refractivity contribution in [2.75, 3.05) is 20.3 Å². The monoisotopic (exact) mass is 368 g/mol. The summed E-state index contributed by atoms with van der Waals surface area (Å²) >= 11 is 0. The Kier molecular flexibility index (Phi) is 6.32. The van der Waals surface area contributed by atoms with Crippen molar-refractivity contribution in [1.29, 1.82) is 0 Å². The van der Waals surface area contributed by atoms with Crippen LogP contribution in [0, 0.1) is 0 Å². The molecule has 3 heterocycles. The summed E-state index contributed by atoms with van der Waals surface area (Å²) in [5, 5.41) is 3.07. The molecule has 0 aromatic carbocycles. The molecule has 142 valence electrons. The van der Waals surface area contributed by atoms with Crippen LogP contribution in [0.3, 0.4) is 0 Å². The van der Waals surface area contributed by atoms with Gasteiger partial charge in [-0.3, -0.25) is 9.38 Å². The second kappa shape index (κ2) is 9.09. The van der Waals surface area contributed by atoms with Gasteiger partial charge in [0.25, 0.3) is 0 Å². The van der Waals surface area contributed by atoms with Crippen molar-refractivity contribution >= 4 is 11.8 Å². The first kappa shape index (κ1) is 18.8. The lowest BCUT2D eigenvalue weighted by Crippen LogP contribution is -2.42. The molecule has 0 aliphatic carbocycles. The van der Waals surface area contributed by atoms with Crippen molar-refractivity contribution in [3.63, 3.8) is 0 Å². The van der Waals surface area contributed by atoms with E-state index in [9.17, 15) is 4.79 Å². The highest BCUT2D eigenvalue weighted by Gasteiger charge is 2.21. The molecule has 3 aromatic rings. The van der Waals surface area contributed by atoms with Gasteiger partial charge in [-0.05, 0) is 24.6 Å². The molecule has 0 fully saturated rings. The Bertz CT molecular complexity index is 834. The van der Waals surface area contributed by atoms with Crippen LogP contribution in [0.5, 0.6) is 0 Å². The molecule has 8 nitrogen and oxygen atoms in total. The van der Waals surface area contributed by atoms with E-state index in [2.05, 4.69) is 20.3 Å². The highest BCUT2D eigenvalue weighted by molar-refractivity contribution is 5.74. The first-order valence-corrected chi connectivity index (χ1v) is 8.95. The standard InChI is InChI=1S/C19H24N6O2/c1-3-16(17-14-24-10-6-9-21-18(24)22-17)23-19(26)25(11-12-27-2)13-15-7-4-5-8-20-15/h4-10,14,16H,3,11-13H2,1-2H3,(H,23,26). The van der Waals surface area contributed by atoms with E-state index in [-0.39, 0.29) is 12.1 Å². The van der Waals surface area contributed by atoms with E-state index in [0.717, 1.165) is 17.8 Å². The van der Waals surface area contributed by atoms with E-state index in [0.29, 0.717) is 25.5 Å². The average Bonchev–Trinajstić information content (AvgIpc) is 3.13. The number of nitrogens with one attached hydrogen (secondary N) is 1. The largest absolute Gasteiger partial charge is 0.383 e. The molecule has 27 heavy (non-hydrogen) atoms. The van der Waals surface area contributed by atoms with E-state index in [4.69, 9.17) is 4.74 Å². The highest BCUT2D eigenvalue weighted by atomic mass is 16.5. The Balaban J connectivity index is 1.73. The fraction of sp³-hybridized carbons (Fsp3) is 0.368. The lowest BCUT2D eigenvalue weighted by molar-refractivity contribution is 0.144. The van der Waals surface area contributed by atoms with Gasteiger partial charge in [0.1, 0.15) is 0 Å². The molecule has 3 aromatic heterocycles. The van der Waals surface area contributed by atoms with Crippen LogP contribution in [-0.2, 0) is 11.3 Å². The number of nitrogens with zero attached hydrogens (tertiary/aromatic N) is 5. The Labute approximate surface area is 158 Å². The molecular formula is C19H24N6O2. The number of imidazole rings is 1. The smallest absolute Gasteiger partial charge is 0.318 e. The molecule has 1 atom stereocenters. The molecule has 0 aliphatic rings. The number of aromatic nitrogens is 4. The number of amides is 2. The van der Waals surface area contributed by atoms with Crippen molar-refractivity contribution in [3.05, 3.63) is 60.4 Å². The first-order chi connectivity index (χ1) is 13.2. The van der Waals surface area contributed by atoms with Crippen LogP contribution in [0.15, 0.2) is 49.1 Å². The highest BCUT2D eigenvalue weighted by Crippen LogP contribution is 2.16. The quantitative estimate of drug-likeness (QED) is 0.660. The number of methoxy groups -OCH3 is 1. The Morgan fingerprint density at radius 3 is 2.85 bits per heavy atom. The molecule has 3 rings (SSSR count). The molecule has 1 N–H and O–H groups in total. The Hall–Kier alpha value is -3.00. The molecule has 0 radical (unpaired) electrons. The molecule has 0 saturated carbocycles. The lowest BCUT2D eigenvalue weighted by atomic mass is 10.2. The van der Waals surface area contributed by atoms with Crippen LogP contribution in [0.4, 0.5) is 4.79 Å². The minimum absolute atomic E-state index is 0.172. The molecule has 1 unspecified atom stereocenters. The van der Waals surface area contributed by atoms with Crippen LogP contribution in [0.1, 0.15) is 30.8 Å². The number of pyridine rings is 1. The SMILES string of the molecule is CCC(NC(=O)N(CCOC)Cc1ccccn1)c1cn2cccnc2n1. The summed E-state index contributed by atoms with van der Waals surface area (Å²) in [5.41, 5.74) is 1.61. The van der Waals surface area contributed by atoms with Gasteiger partial charge in [-0.25, -0.2) is 14.8 Å². The molecule has 2 amide bonds. The minimum Gasteiger partial charge on any atom is -0.383 e. The van der Waals surface area contributed by atoms with Crippen LogP contribution in [0.2, 0.25) is 0 Å². The zero-order valence-electron chi connectivity index (χ0n) is 15.6. The fourth-order valence-electron chi connectivity index (χ4n) is 2.78. The van der Waals surface area contributed by atoms with E-state index in [1.165, 1.54) is 0 Å². The Morgan fingerprint density at radius 1 is 1.30 bits per heavy atom. The van der Waals surface area contributed by atoms with Gasteiger partial charge in [0, 0.05) is 38.4 Å². The summed E-state index contributed by atoms with van der Waals surface area (Å²) in [6, 6.07) is 7.14. The molecule has 0 spiro atoms. The summed E-state index contributed by atoms with van der Waals surface area (Å²) < 4.78 is 7.00. The number of carbonyl (C=O) groups excluding carboxylic acids is 1. The van der Waals surface area contributed by atoms with Gasteiger partial charge in [-0.2, -0.15) is 0 Å². The summed E-state index contributed by atoms with van der Waals surface area (Å²) in [5.74, 6) is 0.616. The zero-order chi connectivity index (χ0) is 19.1. The first-order valence-electron chi connectivity index (χ1n) is 8.95. The number of hydrogen-bond donors (Lipinski definition) is 1. The van der Waals surface area contributed by atoms with Crippen molar-refractivity contribution in [1.82, 2.24) is 29.6 Å². The van der Waals surface area contributed by atoms with Crippen LogP contribution in [0.25, 0.3) is 5.78 Å². The normalized spacial score (nSPS) is 12.1. The number of carbonyl (C=O) groups is 1. The molecule has 0 aliphatic heterocycles. The second-order valence-electron chi connectivity index (χ2n) is 6.14. The minimum atomic E-state index is -0.201. The summed E-state index contributed by atoms with van der Waals surface area (Å²) in [7, 11) is 1.62. The van der Waals surface area contributed by atoms with Gasteiger partial charge >= 0.3 is 6.03 Å². The number of hydrogen-bond acceptors (Lipinski definition) is 5. The van der Waals surface area contributed by atoms with Crippen molar-refractivity contribution in [2.45, 2.75) is 25.9 Å². The van der Waals surface area contributed by atoms with Crippen LogP contribution in [-0.4, -0.2) is 50.5 Å². The van der Waals surface area contributed by atoms with Crippen molar-refractivity contribution in [3.8, 4) is 0 Å². The van der Waals surface area contributed by atoms with E-state index in [1.54, 1.807) is 24.4 Å². The lowest BCUT2D eigenvalue weighted by Gasteiger charge is -2.25. The van der Waals surface area contributed by atoms with Gasteiger partial charge in [0.15, 0.2) is 0 Å². The summed E-state index contributed by atoms with van der Waals surface area (Å²) in [6.07, 6.45) is 7.93. The Morgan fingerprint density at radius 2 is 2.15 bits per heavy atom. The maximum Gasteiger partial charge on any atom is 0.318 e. The third-order valence-corrected chi connectivity index (χ3v) is 4.25. The number of urea groups is 1. The third-order valence-electron chi connectivity index (χ3n) is 4.25. The predicted molar refractivity (Wildman–Crippen MR) is 101 cm³/mol. The van der Waals surface area contributed by atoms with Crippen LogP contribution < -0.4 is 5.32 Å². The third kappa shape index (κ3) is 4.79. The second-order valence-corrected chi connectivity index (χ2v) is 6.14. The fourth-order valence-corrected chi connectivity index (χ4v) is 2.78. The molecular weight excluding hydrogens is 344 g/mol. The van der Waals surface area contributed by atoms with Crippen LogP contribution >= 0.6 is 0 Å². The summed E-state index contributed by atoms with van der Waals surface area (Å²) in [6.45, 7) is 3.36. The van der Waals surface area contributed by atoms with Gasteiger partial charge < -0.3 is 15.0 Å². The number of ether oxygens (including phenoxy) is 1. The molecule has 0 bridgehead atoms. The van der Waals surface area contributed by atoms with Gasteiger partial charge in [-0.1, -0.05) is 13.0 Å². The van der Waals surface area contributed by atoms with Gasteiger partial charge in [-0.15, -0.1) is 0 Å². The van der Waals surface area contributed by atoms with E-state index < -0.39 is 0 Å². The maximum atomic E-state index is 12.9. The average molecular weight is 368 g/mol. The van der Waals surface area contributed by atoms with Crippen molar-refractivity contribution < 1.29 is 9.53 Å². The van der Waals surface area contributed by atoms with Crippen molar-refractivity contribution in [2.24, 2.45) is 0 Å². The van der Waals surface area contributed by atoms with E-state index in [1.807, 2.05) is 48.0 Å². The number of fused-ring (bicyclic) bond motifs is 1. The molecule has 0 saturated heterocycles. The number of rotatable bonds is 8.